The fourth-order valence-corrected chi connectivity index (χ4v) is 3.34. The Bertz CT molecular complexity index is 975. The maximum Gasteiger partial charge on any atom is 0.242 e. The summed E-state index contributed by atoms with van der Waals surface area (Å²) >= 11 is 0. The van der Waals surface area contributed by atoms with E-state index in [1.165, 1.54) is 12.1 Å². The summed E-state index contributed by atoms with van der Waals surface area (Å²) in [5, 5.41) is 2.91. The number of rotatable bonds is 9. The third kappa shape index (κ3) is 6.78. The van der Waals surface area contributed by atoms with Gasteiger partial charge in [-0.1, -0.05) is 72.8 Å². The second kappa shape index (κ2) is 11.1. The van der Waals surface area contributed by atoms with Crippen LogP contribution in [0.2, 0.25) is 0 Å². The molecule has 2 amide bonds. The van der Waals surface area contributed by atoms with Crippen molar-refractivity contribution in [3.8, 4) is 0 Å². The van der Waals surface area contributed by atoms with Gasteiger partial charge in [-0.15, -0.1) is 0 Å². The molecule has 0 aromatic heterocycles. The van der Waals surface area contributed by atoms with Crippen LogP contribution in [0.1, 0.15) is 30.0 Å². The van der Waals surface area contributed by atoms with Crippen molar-refractivity contribution < 1.29 is 14.0 Å². The fourth-order valence-electron chi connectivity index (χ4n) is 3.34. The SMILES string of the molecule is C[C@@H](C(=O)NCc1ccccc1)N(Cc1ccc(F)cc1)C(=O)CCc1ccccc1. The van der Waals surface area contributed by atoms with E-state index in [0.717, 1.165) is 16.7 Å². The predicted molar refractivity (Wildman–Crippen MR) is 119 cm³/mol. The van der Waals surface area contributed by atoms with E-state index in [-0.39, 0.29) is 24.2 Å². The molecule has 1 atom stereocenters. The van der Waals surface area contributed by atoms with Gasteiger partial charge in [0.1, 0.15) is 11.9 Å². The zero-order valence-corrected chi connectivity index (χ0v) is 17.6. The Morgan fingerprint density at radius 2 is 1.42 bits per heavy atom. The molecule has 3 aromatic carbocycles. The highest BCUT2D eigenvalue weighted by atomic mass is 19.1. The van der Waals surface area contributed by atoms with Gasteiger partial charge in [0, 0.05) is 19.5 Å². The second-order valence-electron chi connectivity index (χ2n) is 7.51. The number of amides is 2. The van der Waals surface area contributed by atoms with Crippen LogP contribution in [0.5, 0.6) is 0 Å². The second-order valence-corrected chi connectivity index (χ2v) is 7.51. The molecular weight excluding hydrogens is 391 g/mol. The first-order chi connectivity index (χ1) is 15.0. The monoisotopic (exact) mass is 418 g/mol. The molecule has 0 aliphatic carbocycles. The van der Waals surface area contributed by atoms with Crippen LogP contribution in [0, 0.1) is 5.82 Å². The highest BCUT2D eigenvalue weighted by Crippen LogP contribution is 2.14. The average Bonchev–Trinajstić information content (AvgIpc) is 2.81. The Balaban J connectivity index is 1.69. The maximum absolute atomic E-state index is 13.3. The molecule has 3 aromatic rings. The molecule has 0 unspecified atom stereocenters. The van der Waals surface area contributed by atoms with E-state index in [1.807, 2.05) is 60.7 Å². The number of halogens is 1. The van der Waals surface area contributed by atoms with Crippen molar-refractivity contribution in [2.24, 2.45) is 0 Å². The molecule has 4 nitrogen and oxygen atoms in total. The third-order valence-corrected chi connectivity index (χ3v) is 5.21. The summed E-state index contributed by atoms with van der Waals surface area (Å²) in [5.41, 5.74) is 2.83. The molecule has 0 heterocycles. The van der Waals surface area contributed by atoms with Crippen LogP contribution < -0.4 is 5.32 Å². The largest absolute Gasteiger partial charge is 0.350 e. The van der Waals surface area contributed by atoms with Gasteiger partial charge in [0.2, 0.25) is 11.8 Å². The first kappa shape index (κ1) is 22.2. The van der Waals surface area contributed by atoms with Gasteiger partial charge >= 0.3 is 0 Å². The number of nitrogens with one attached hydrogen (secondary N) is 1. The molecule has 0 bridgehead atoms. The Morgan fingerprint density at radius 3 is 2.03 bits per heavy atom. The Hall–Kier alpha value is -3.47. The van der Waals surface area contributed by atoms with E-state index in [4.69, 9.17) is 0 Å². The number of nitrogens with zero attached hydrogens (tertiary/aromatic N) is 1. The first-order valence-corrected chi connectivity index (χ1v) is 10.4. The van der Waals surface area contributed by atoms with Crippen molar-refractivity contribution in [2.45, 2.75) is 38.9 Å². The minimum atomic E-state index is -0.656. The molecule has 3 rings (SSSR count). The van der Waals surface area contributed by atoms with Crippen molar-refractivity contribution in [3.63, 3.8) is 0 Å². The zero-order valence-electron chi connectivity index (χ0n) is 17.6. The lowest BCUT2D eigenvalue weighted by atomic mass is 10.1. The highest BCUT2D eigenvalue weighted by Gasteiger charge is 2.25. The summed E-state index contributed by atoms with van der Waals surface area (Å²) < 4.78 is 13.3. The molecular formula is C26H27FN2O2. The van der Waals surface area contributed by atoms with Gasteiger partial charge in [0.05, 0.1) is 0 Å². The van der Waals surface area contributed by atoms with Gasteiger partial charge in [-0.05, 0) is 42.2 Å². The van der Waals surface area contributed by atoms with Crippen molar-refractivity contribution in [2.75, 3.05) is 0 Å². The standard InChI is InChI=1S/C26H27FN2O2/c1-20(26(31)28-18-22-10-6-3-7-11-22)29(19-23-12-15-24(27)16-13-23)25(30)17-14-21-8-4-2-5-9-21/h2-13,15-16,20H,14,17-19H2,1H3,(H,28,31)/t20-/m0/s1. The van der Waals surface area contributed by atoms with E-state index in [2.05, 4.69) is 5.32 Å². The molecule has 0 saturated heterocycles. The predicted octanol–water partition coefficient (Wildman–Crippen LogP) is 4.49. The summed E-state index contributed by atoms with van der Waals surface area (Å²) in [5.74, 6) is -0.672. The molecule has 0 radical (unpaired) electrons. The lowest BCUT2D eigenvalue weighted by molar-refractivity contribution is -0.140. The molecule has 0 aliphatic heterocycles. The first-order valence-electron chi connectivity index (χ1n) is 10.4. The van der Waals surface area contributed by atoms with Gasteiger partial charge in [0.15, 0.2) is 0 Å². The Kier molecular flexibility index (Phi) is 7.93. The van der Waals surface area contributed by atoms with Crippen LogP contribution >= 0.6 is 0 Å². The van der Waals surface area contributed by atoms with Crippen LogP contribution in [-0.2, 0) is 29.1 Å². The Labute approximate surface area is 182 Å². The van der Waals surface area contributed by atoms with Gasteiger partial charge < -0.3 is 10.2 Å². The van der Waals surface area contributed by atoms with Crippen molar-refractivity contribution in [1.29, 1.82) is 0 Å². The summed E-state index contributed by atoms with van der Waals surface area (Å²) in [6, 6.07) is 24.8. The minimum Gasteiger partial charge on any atom is -0.350 e. The number of aryl methyl sites for hydroxylation is 1. The van der Waals surface area contributed by atoms with Crippen LogP contribution in [-0.4, -0.2) is 22.8 Å². The lowest BCUT2D eigenvalue weighted by Crippen LogP contribution is -2.47. The normalized spacial score (nSPS) is 11.5. The van der Waals surface area contributed by atoms with E-state index < -0.39 is 6.04 Å². The molecule has 0 fully saturated rings. The van der Waals surface area contributed by atoms with Crippen LogP contribution in [0.25, 0.3) is 0 Å². The van der Waals surface area contributed by atoms with Gasteiger partial charge in [-0.25, -0.2) is 4.39 Å². The number of carbonyl (C=O) groups excluding carboxylic acids is 2. The fraction of sp³-hybridized carbons (Fsp3) is 0.231. The van der Waals surface area contributed by atoms with E-state index in [9.17, 15) is 14.0 Å². The minimum absolute atomic E-state index is 0.115. The van der Waals surface area contributed by atoms with Crippen molar-refractivity contribution in [1.82, 2.24) is 10.2 Å². The van der Waals surface area contributed by atoms with E-state index in [0.29, 0.717) is 19.4 Å². The van der Waals surface area contributed by atoms with Gasteiger partial charge in [0.25, 0.3) is 0 Å². The summed E-state index contributed by atoms with van der Waals surface area (Å²) in [4.78, 5) is 27.5. The number of benzene rings is 3. The molecule has 160 valence electrons. The molecule has 31 heavy (non-hydrogen) atoms. The molecule has 0 aliphatic rings. The van der Waals surface area contributed by atoms with Crippen molar-refractivity contribution >= 4 is 11.8 Å². The van der Waals surface area contributed by atoms with E-state index >= 15 is 0 Å². The van der Waals surface area contributed by atoms with Crippen molar-refractivity contribution in [3.05, 3.63) is 107 Å². The molecule has 0 spiro atoms. The number of hydrogen-bond donors (Lipinski definition) is 1. The number of carbonyl (C=O) groups is 2. The molecule has 0 saturated carbocycles. The highest BCUT2D eigenvalue weighted by molar-refractivity contribution is 5.87. The Morgan fingerprint density at radius 1 is 0.839 bits per heavy atom. The van der Waals surface area contributed by atoms with Crippen LogP contribution in [0.15, 0.2) is 84.9 Å². The van der Waals surface area contributed by atoms with Gasteiger partial charge in [-0.2, -0.15) is 0 Å². The molecule has 5 heteroatoms. The smallest absolute Gasteiger partial charge is 0.242 e. The zero-order chi connectivity index (χ0) is 22.1. The number of hydrogen-bond acceptors (Lipinski definition) is 2. The van der Waals surface area contributed by atoms with Gasteiger partial charge in [-0.3, -0.25) is 9.59 Å². The quantitative estimate of drug-likeness (QED) is 0.557. The summed E-state index contributed by atoms with van der Waals surface area (Å²) in [7, 11) is 0. The molecule has 1 N–H and O–H groups in total. The third-order valence-electron chi connectivity index (χ3n) is 5.21. The summed E-state index contributed by atoms with van der Waals surface area (Å²) in [6.07, 6.45) is 0.888. The van der Waals surface area contributed by atoms with E-state index in [1.54, 1.807) is 24.0 Å². The lowest BCUT2D eigenvalue weighted by Gasteiger charge is -2.29. The maximum atomic E-state index is 13.3. The summed E-state index contributed by atoms with van der Waals surface area (Å²) in [6.45, 7) is 2.37. The van der Waals surface area contributed by atoms with Crippen LogP contribution in [0.3, 0.4) is 0 Å². The van der Waals surface area contributed by atoms with Crippen LogP contribution in [0.4, 0.5) is 4.39 Å². The average molecular weight is 419 g/mol. The topological polar surface area (TPSA) is 49.4 Å².